The minimum absolute atomic E-state index is 0.0216. The van der Waals surface area contributed by atoms with E-state index in [-0.39, 0.29) is 30.3 Å². The topological polar surface area (TPSA) is 80.7 Å². The van der Waals surface area contributed by atoms with Crippen LogP contribution in [0.15, 0.2) is 0 Å². The molecule has 0 aromatic carbocycles. The molecule has 4 rings (SSSR count). The third-order valence-corrected chi connectivity index (χ3v) is 9.21. The van der Waals surface area contributed by atoms with Crippen LogP contribution >= 0.6 is 0 Å². The second-order valence-electron chi connectivity index (χ2n) is 10.4. The standard InChI is InChI=1S/C23H34O5/c1-22-11-9-15(24)13-14(22)3-4-16-17-5-6-19(23(17,2)12-10-18(16)22)28-21(27)8-7-20(25)26/h14,16-19H,3-13H2,1-2H3,(H,25,26)/t14-,16+,17-,18+,19+,22+,23+/m1/s1. The van der Waals surface area contributed by atoms with Gasteiger partial charge in [-0.15, -0.1) is 0 Å². The van der Waals surface area contributed by atoms with Gasteiger partial charge in [-0.1, -0.05) is 13.8 Å². The quantitative estimate of drug-likeness (QED) is 0.721. The number of ketones is 1. The first-order valence-electron chi connectivity index (χ1n) is 11.2. The van der Waals surface area contributed by atoms with Gasteiger partial charge >= 0.3 is 11.9 Å². The third-order valence-electron chi connectivity index (χ3n) is 9.21. The zero-order chi connectivity index (χ0) is 20.1. The molecule has 0 saturated heterocycles. The minimum Gasteiger partial charge on any atom is -0.481 e. The van der Waals surface area contributed by atoms with Crippen LogP contribution in [0.25, 0.3) is 0 Å². The van der Waals surface area contributed by atoms with Crippen LogP contribution in [-0.2, 0) is 19.1 Å². The molecule has 28 heavy (non-hydrogen) atoms. The largest absolute Gasteiger partial charge is 0.481 e. The van der Waals surface area contributed by atoms with E-state index in [0.29, 0.717) is 34.9 Å². The van der Waals surface area contributed by atoms with E-state index in [2.05, 4.69) is 13.8 Å². The summed E-state index contributed by atoms with van der Waals surface area (Å²) in [5.74, 6) is 1.65. The predicted molar refractivity (Wildman–Crippen MR) is 103 cm³/mol. The first-order chi connectivity index (χ1) is 13.2. The summed E-state index contributed by atoms with van der Waals surface area (Å²) < 4.78 is 5.81. The van der Waals surface area contributed by atoms with Crippen molar-refractivity contribution in [2.45, 2.75) is 90.6 Å². The van der Waals surface area contributed by atoms with Crippen LogP contribution in [0, 0.1) is 34.5 Å². The monoisotopic (exact) mass is 390 g/mol. The molecule has 0 aliphatic heterocycles. The number of Topliss-reactive ketones (excluding diaryl/α,β-unsaturated/α-hetero) is 1. The Hall–Kier alpha value is -1.39. The van der Waals surface area contributed by atoms with Gasteiger partial charge in [0.1, 0.15) is 11.9 Å². The van der Waals surface area contributed by atoms with Crippen LogP contribution in [-0.4, -0.2) is 28.9 Å². The molecule has 0 heterocycles. The fraction of sp³-hybridized carbons (Fsp3) is 0.870. The van der Waals surface area contributed by atoms with Crippen LogP contribution in [0.3, 0.4) is 0 Å². The molecule has 156 valence electrons. The van der Waals surface area contributed by atoms with Gasteiger partial charge in [0.25, 0.3) is 0 Å². The van der Waals surface area contributed by atoms with Crippen molar-refractivity contribution >= 4 is 17.7 Å². The zero-order valence-corrected chi connectivity index (χ0v) is 17.2. The second kappa shape index (κ2) is 7.14. The molecule has 4 aliphatic rings. The molecule has 5 nitrogen and oxygen atoms in total. The highest BCUT2D eigenvalue weighted by Crippen LogP contribution is 2.66. The molecule has 1 N–H and O–H groups in total. The highest BCUT2D eigenvalue weighted by molar-refractivity contribution is 5.79. The summed E-state index contributed by atoms with van der Waals surface area (Å²) in [7, 11) is 0. The average Bonchev–Trinajstić information content (AvgIpc) is 2.97. The summed E-state index contributed by atoms with van der Waals surface area (Å²) in [5.41, 5.74) is 0.322. The van der Waals surface area contributed by atoms with Crippen molar-refractivity contribution < 1.29 is 24.2 Å². The molecule has 4 aliphatic carbocycles. The van der Waals surface area contributed by atoms with Gasteiger partial charge in [-0.2, -0.15) is 0 Å². The van der Waals surface area contributed by atoms with Crippen LogP contribution < -0.4 is 0 Å². The van der Waals surface area contributed by atoms with E-state index in [9.17, 15) is 14.4 Å². The maximum atomic E-state index is 12.2. The highest BCUT2D eigenvalue weighted by atomic mass is 16.5. The normalized spacial score (nSPS) is 44.9. The van der Waals surface area contributed by atoms with E-state index in [1.54, 1.807) is 0 Å². The number of hydrogen-bond donors (Lipinski definition) is 1. The lowest BCUT2D eigenvalue weighted by Crippen LogP contribution is -2.54. The molecule has 0 aromatic rings. The van der Waals surface area contributed by atoms with Gasteiger partial charge in [0.15, 0.2) is 0 Å². The molecular formula is C23H34O5. The number of esters is 1. The fourth-order valence-electron chi connectivity index (χ4n) is 7.62. The zero-order valence-electron chi connectivity index (χ0n) is 17.2. The Labute approximate surface area is 167 Å². The fourth-order valence-corrected chi connectivity index (χ4v) is 7.62. The minimum atomic E-state index is -0.955. The first kappa shape index (κ1) is 19.9. The van der Waals surface area contributed by atoms with Crippen LogP contribution in [0.4, 0.5) is 0 Å². The Kier molecular flexibility index (Phi) is 5.08. The second-order valence-corrected chi connectivity index (χ2v) is 10.4. The molecule has 0 spiro atoms. The number of carboxylic acid groups (broad SMARTS) is 1. The van der Waals surface area contributed by atoms with Crippen LogP contribution in [0.2, 0.25) is 0 Å². The lowest BCUT2D eigenvalue weighted by atomic mass is 9.45. The van der Waals surface area contributed by atoms with Crippen molar-refractivity contribution in [3.05, 3.63) is 0 Å². The maximum absolute atomic E-state index is 12.2. The number of carbonyl (C=O) groups is 3. The number of aliphatic carboxylic acids is 1. The van der Waals surface area contributed by atoms with E-state index in [0.717, 1.165) is 38.5 Å². The smallest absolute Gasteiger partial charge is 0.306 e. The van der Waals surface area contributed by atoms with Crippen molar-refractivity contribution in [3.63, 3.8) is 0 Å². The summed E-state index contributed by atoms with van der Waals surface area (Å²) in [6.07, 6.45) is 8.95. The molecule has 4 saturated carbocycles. The third kappa shape index (κ3) is 3.19. The van der Waals surface area contributed by atoms with Crippen molar-refractivity contribution in [1.82, 2.24) is 0 Å². The van der Waals surface area contributed by atoms with Crippen molar-refractivity contribution in [2.24, 2.45) is 34.5 Å². The molecule has 4 fully saturated rings. The molecule has 0 aromatic heterocycles. The number of carboxylic acids is 1. The molecule has 0 bridgehead atoms. The summed E-state index contributed by atoms with van der Waals surface area (Å²) in [6.45, 7) is 4.75. The maximum Gasteiger partial charge on any atom is 0.306 e. The number of ether oxygens (including phenoxy) is 1. The average molecular weight is 391 g/mol. The van der Waals surface area contributed by atoms with Crippen molar-refractivity contribution in [3.8, 4) is 0 Å². The first-order valence-corrected chi connectivity index (χ1v) is 11.2. The summed E-state index contributed by atoms with van der Waals surface area (Å²) in [5, 5.41) is 8.80. The number of rotatable bonds is 4. The Balaban J connectivity index is 1.47. The van der Waals surface area contributed by atoms with Gasteiger partial charge in [0, 0.05) is 18.3 Å². The molecule has 0 radical (unpaired) electrons. The van der Waals surface area contributed by atoms with Gasteiger partial charge in [0.2, 0.25) is 0 Å². The summed E-state index contributed by atoms with van der Waals surface area (Å²) >= 11 is 0. The van der Waals surface area contributed by atoms with E-state index < -0.39 is 5.97 Å². The SMILES string of the molecule is C[C@]12CCC(=O)C[C@H]1CC[C@H]1[C@H]3CC[C@H](OC(=O)CCC(=O)O)[C@@]3(C)CC[C@@H]12. The number of carbonyl (C=O) groups excluding carboxylic acids is 2. The van der Waals surface area contributed by atoms with Gasteiger partial charge in [-0.3, -0.25) is 14.4 Å². The Morgan fingerprint density at radius 1 is 1.00 bits per heavy atom. The lowest BCUT2D eigenvalue weighted by molar-refractivity contribution is -0.165. The number of hydrogen-bond acceptors (Lipinski definition) is 4. The summed E-state index contributed by atoms with van der Waals surface area (Å²) in [4.78, 5) is 34.9. The molecule has 7 atom stereocenters. The van der Waals surface area contributed by atoms with Gasteiger partial charge in [0.05, 0.1) is 12.8 Å². The molecule has 5 heteroatoms. The van der Waals surface area contributed by atoms with E-state index in [4.69, 9.17) is 9.84 Å². The van der Waals surface area contributed by atoms with Gasteiger partial charge in [-0.25, -0.2) is 0 Å². The lowest BCUT2D eigenvalue weighted by Gasteiger charge is -2.60. The van der Waals surface area contributed by atoms with Crippen molar-refractivity contribution in [1.29, 1.82) is 0 Å². The van der Waals surface area contributed by atoms with E-state index >= 15 is 0 Å². The van der Waals surface area contributed by atoms with E-state index in [1.807, 2.05) is 0 Å². The summed E-state index contributed by atoms with van der Waals surface area (Å²) in [6, 6.07) is 0. The predicted octanol–water partition coefficient (Wildman–Crippen LogP) is 4.37. The van der Waals surface area contributed by atoms with Crippen molar-refractivity contribution in [2.75, 3.05) is 0 Å². The van der Waals surface area contributed by atoms with E-state index in [1.165, 1.54) is 19.3 Å². The molecule has 0 unspecified atom stereocenters. The Morgan fingerprint density at radius 2 is 1.75 bits per heavy atom. The Bertz CT molecular complexity index is 672. The molecule has 0 amide bonds. The van der Waals surface area contributed by atoms with Crippen LogP contribution in [0.1, 0.15) is 84.5 Å². The molecular weight excluding hydrogens is 356 g/mol. The van der Waals surface area contributed by atoms with Gasteiger partial charge < -0.3 is 9.84 Å². The highest BCUT2D eigenvalue weighted by Gasteiger charge is 2.61. The number of fused-ring (bicyclic) bond motifs is 5. The van der Waals surface area contributed by atoms with Gasteiger partial charge in [-0.05, 0) is 74.0 Å². The van der Waals surface area contributed by atoms with Crippen LogP contribution in [0.5, 0.6) is 0 Å². The Morgan fingerprint density at radius 3 is 2.50 bits per heavy atom.